The number of hydrogen-bond acceptors (Lipinski definition) is 4. The molecule has 2 atom stereocenters. The summed E-state index contributed by atoms with van der Waals surface area (Å²) < 4.78 is 18.4. The first kappa shape index (κ1) is 24.9. The van der Waals surface area contributed by atoms with E-state index in [1.165, 1.54) is 31.5 Å². The number of hydrogen-bond donors (Lipinski definition) is 2. The summed E-state index contributed by atoms with van der Waals surface area (Å²) in [5.74, 6) is 1.01. The van der Waals surface area contributed by atoms with E-state index in [0.29, 0.717) is 11.8 Å². The molecule has 0 amide bonds. The van der Waals surface area contributed by atoms with E-state index in [1.54, 1.807) is 12.1 Å². The summed E-state index contributed by atoms with van der Waals surface area (Å²) in [6, 6.07) is 6.31. The molecule has 2 rings (SSSR count). The fourth-order valence-corrected chi connectivity index (χ4v) is 3.36. The third kappa shape index (κ3) is 8.08. The van der Waals surface area contributed by atoms with Crippen LogP contribution in [0.25, 0.3) is 0 Å². The molecule has 2 N–H and O–H groups in total. The van der Waals surface area contributed by atoms with Crippen LogP contribution in [-0.2, 0) is 0 Å². The molecule has 0 spiro atoms. The van der Waals surface area contributed by atoms with E-state index in [1.807, 2.05) is 14.0 Å². The van der Waals surface area contributed by atoms with Crippen molar-refractivity contribution in [3.63, 3.8) is 0 Å². The van der Waals surface area contributed by atoms with E-state index in [-0.39, 0.29) is 42.9 Å². The van der Waals surface area contributed by atoms with Crippen LogP contribution in [0.5, 0.6) is 5.75 Å². The normalized spacial score (nSPS) is 18.5. The molecule has 6 nitrogen and oxygen atoms in total. The van der Waals surface area contributed by atoms with Gasteiger partial charge < -0.3 is 20.1 Å². The minimum atomic E-state index is -0.726. The van der Waals surface area contributed by atoms with Crippen LogP contribution in [0.2, 0.25) is 0 Å². The van der Waals surface area contributed by atoms with Crippen LogP contribution >= 0.6 is 24.0 Å². The van der Waals surface area contributed by atoms with Crippen molar-refractivity contribution < 1.29 is 14.2 Å². The van der Waals surface area contributed by atoms with Gasteiger partial charge in [-0.2, -0.15) is 0 Å². The van der Waals surface area contributed by atoms with Gasteiger partial charge in [-0.25, -0.2) is 4.39 Å². The lowest BCUT2D eigenvalue weighted by Crippen LogP contribution is -2.46. The molecule has 1 aliphatic rings. The van der Waals surface area contributed by atoms with Crippen molar-refractivity contribution in [2.75, 3.05) is 46.4 Å². The maximum Gasteiger partial charge on any atom is 0.193 e. The van der Waals surface area contributed by atoms with E-state index in [0.717, 1.165) is 25.6 Å². The molecule has 1 aromatic rings. The Kier molecular flexibility index (Phi) is 11.7. The van der Waals surface area contributed by atoms with Gasteiger partial charge in [0.25, 0.3) is 0 Å². The number of aliphatic hydroxyl groups is 1. The molecule has 8 heteroatoms. The standard InChI is InChI=1S/C20H33FN4O2.HI/c1-4-22-20(24(3)14-17-7-6-12-25(17)5-2)23-13-18(26)15-27-19-10-8-16(21)9-11-19;/h8-11,17-18,26H,4-7,12-15H2,1-3H3,(H,22,23);1H. The Morgan fingerprint density at radius 2 is 2.11 bits per heavy atom. The number of guanidine groups is 1. The predicted molar refractivity (Wildman–Crippen MR) is 122 cm³/mol. The molecule has 0 bridgehead atoms. The van der Waals surface area contributed by atoms with Crippen LogP contribution in [-0.4, -0.2) is 79.4 Å². The molecule has 160 valence electrons. The molecule has 1 saturated heterocycles. The number of aliphatic imine (C=N–C) groups is 1. The van der Waals surface area contributed by atoms with Gasteiger partial charge >= 0.3 is 0 Å². The van der Waals surface area contributed by atoms with Crippen LogP contribution in [0.1, 0.15) is 26.7 Å². The topological polar surface area (TPSA) is 60.3 Å². The molecule has 0 aliphatic carbocycles. The molecule has 1 aliphatic heterocycles. The lowest BCUT2D eigenvalue weighted by Gasteiger charge is -2.30. The molecule has 0 saturated carbocycles. The van der Waals surface area contributed by atoms with Crippen LogP contribution in [0, 0.1) is 5.82 Å². The zero-order valence-electron chi connectivity index (χ0n) is 17.1. The van der Waals surface area contributed by atoms with E-state index in [9.17, 15) is 9.50 Å². The Morgan fingerprint density at radius 3 is 2.75 bits per heavy atom. The average molecular weight is 508 g/mol. The second kappa shape index (κ2) is 13.2. The third-order valence-corrected chi connectivity index (χ3v) is 4.79. The van der Waals surface area contributed by atoms with E-state index >= 15 is 0 Å². The molecule has 2 unspecified atom stereocenters. The Hall–Kier alpha value is -1.13. The van der Waals surface area contributed by atoms with Crippen LogP contribution in [0.15, 0.2) is 29.3 Å². The van der Waals surface area contributed by atoms with Crippen molar-refractivity contribution in [1.82, 2.24) is 15.1 Å². The first-order valence-electron chi connectivity index (χ1n) is 9.83. The molecular formula is C20H34FIN4O2. The Balaban J connectivity index is 0.00000392. The minimum absolute atomic E-state index is 0. The van der Waals surface area contributed by atoms with Gasteiger partial charge in [-0.05, 0) is 57.1 Å². The quantitative estimate of drug-likeness (QED) is 0.305. The van der Waals surface area contributed by atoms with Gasteiger partial charge in [0.2, 0.25) is 0 Å². The Morgan fingerprint density at radius 1 is 1.39 bits per heavy atom. The number of likely N-dealkylation sites (N-methyl/N-ethyl adjacent to an activating group) is 2. The van der Waals surface area contributed by atoms with Gasteiger partial charge in [-0.1, -0.05) is 6.92 Å². The van der Waals surface area contributed by atoms with Gasteiger partial charge in [-0.3, -0.25) is 9.89 Å². The molecule has 1 aromatic carbocycles. The van der Waals surface area contributed by atoms with E-state index in [2.05, 4.69) is 27.0 Å². The summed E-state index contributed by atoms with van der Waals surface area (Å²) in [5.41, 5.74) is 0. The fraction of sp³-hybridized carbons (Fsp3) is 0.650. The molecule has 0 aromatic heterocycles. The summed E-state index contributed by atoms with van der Waals surface area (Å²) in [6.07, 6.45) is 1.74. The highest BCUT2D eigenvalue weighted by Crippen LogP contribution is 2.17. The molecule has 1 fully saturated rings. The highest BCUT2D eigenvalue weighted by molar-refractivity contribution is 14.0. The zero-order valence-corrected chi connectivity index (χ0v) is 19.4. The van der Waals surface area contributed by atoms with Crippen molar-refractivity contribution in [2.45, 2.75) is 38.8 Å². The summed E-state index contributed by atoms with van der Waals surface area (Å²) in [7, 11) is 2.04. The molecule has 0 radical (unpaired) electrons. The Labute approximate surface area is 185 Å². The number of benzene rings is 1. The summed E-state index contributed by atoms with van der Waals surface area (Å²) in [5, 5.41) is 13.5. The summed E-state index contributed by atoms with van der Waals surface area (Å²) >= 11 is 0. The van der Waals surface area contributed by atoms with Gasteiger partial charge in [0, 0.05) is 26.2 Å². The van der Waals surface area contributed by atoms with Gasteiger partial charge in [-0.15, -0.1) is 24.0 Å². The highest BCUT2D eigenvalue weighted by Gasteiger charge is 2.25. The SMILES string of the molecule is CCNC(=NCC(O)COc1ccc(F)cc1)N(C)CC1CCCN1CC.I. The van der Waals surface area contributed by atoms with Crippen LogP contribution < -0.4 is 10.1 Å². The van der Waals surface area contributed by atoms with Crippen molar-refractivity contribution in [3.05, 3.63) is 30.1 Å². The number of likely N-dealkylation sites (tertiary alicyclic amines) is 1. The summed E-state index contributed by atoms with van der Waals surface area (Å²) in [4.78, 5) is 9.20. The Bertz CT molecular complexity index is 588. The summed E-state index contributed by atoms with van der Waals surface area (Å²) in [6.45, 7) is 8.53. The highest BCUT2D eigenvalue weighted by atomic mass is 127. The maximum absolute atomic E-state index is 12.9. The number of ether oxygens (including phenoxy) is 1. The minimum Gasteiger partial charge on any atom is -0.491 e. The third-order valence-electron chi connectivity index (χ3n) is 4.79. The molecule has 28 heavy (non-hydrogen) atoms. The van der Waals surface area contributed by atoms with Gasteiger partial charge in [0.1, 0.15) is 24.3 Å². The van der Waals surface area contributed by atoms with Crippen molar-refractivity contribution >= 4 is 29.9 Å². The lowest BCUT2D eigenvalue weighted by atomic mass is 10.2. The van der Waals surface area contributed by atoms with E-state index in [4.69, 9.17) is 4.74 Å². The second-order valence-corrected chi connectivity index (χ2v) is 6.92. The largest absolute Gasteiger partial charge is 0.491 e. The van der Waals surface area contributed by atoms with Crippen molar-refractivity contribution in [2.24, 2.45) is 4.99 Å². The fourth-order valence-electron chi connectivity index (χ4n) is 3.36. The first-order valence-corrected chi connectivity index (χ1v) is 9.83. The first-order chi connectivity index (χ1) is 13.0. The number of nitrogens with zero attached hydrogens (tertiary/aromatic N) is 3. The van der Waals surface area contributed by atoms with Gasteiger partial charge in [0.05, 0.1) is 6.54 Å². The number of nitrogens with one attached hydrogen (secondary N) is 1. The van der Waals surface area contributed by atoms with Crippen molar-refractivity contribution in [1.29, 1.82) is 0 Å². The number of aliphatic hydroxyl groups excluding tert-OH is 1. The molecule has 1 heterocycles. The van der Waals surface area contributed by atoms with Crippen molar-refractivity contribution in [3.8, 4) is 5.75 Å². The smallest absolute Gasteiger partial charge is 0.193 e. The average Bonchev–Trinajstić information content (AvgIpc) is 3.11. The second-order valence-electron chi connectivity index (χ2n) is 6.92. The van der Waals surface area contributed by atoms with Gasteiger partial charge in [0.15, 0.2) is 5.96 Å². The molecular weight excluding hydrogens is 474 g/mol. The number of rotatable bonds is 9. The lowest BCUT2D eigenvalue weighted by molar-refractivity contribution is 0.114. The predicted octanol–water partition coefficient (Wildman–Crippen LogP) is 2.57. The monoisotopic (exact) mass is 508 g/mol. The van der Waals surface area contributed by atoms with Crippen LogP contribution in [0.3, 0.4) is 0 Å². The maximum atomic E-state index is 12.9. The van der Waals surface area contributed by atoms with E-state index < -0.39 is 6.10 Å². The zero-order chi connectivity index (χ0) is 19.6. The van der Waals surface area contributed by atoms with Crippen LogP contribution in [0.4, 0.5) is 4.39 Å². The number of halogens is 2.